The van der Waals surface area contributed by atoms with Gasteiger partial charge in [-0.2, -0.15) is 28.1 Å². The molecule has 224 valence electrons. The number of pyridine rings is 2. The second-order valence-corrected chi connectivity index (χ2v) is 10.6. The van der Waals surface area contributed by atoms with Crippen LogP contribution in [0.15, 0.2) is 79.8 Å². The summed E-state index contributed by atoms with van der Waals surface area (Å²) in [6, 6.07) is 10.5. The Morgan fingerprint density at radius 3 is 2.45 bits per heavy atom. The smallest absolute Gasteiger partial charge is 0.270 e. The first kappa shape index (κ1) is 29.1. The highest BCUT2D eigenvalue weighted by Crippen LogP contribution is 2.35. The highest BCUT2D eigenvalue weighted by molar-refractivity contribution is 6.31. The van der Waals surface area contributed by atoms with Crippen molar-refractivity contribution in [1.29, 1.82) is 0 Å². The molecule has 6 aromatic rings. The Kier molecular flexibility index (Phi) is 7.67. The fourth-order valence-corrected chi connectivity index (χ4v) is 4.91. The molecule has 0 spiro atoms. The molecule has 1 atom stereocenters. The van der Waals surface area contributed by atoms with Crippen LogP contribution in [0.1, 0.15) is 43.0 Å². The van der Waals surface area contributed by atoms with Crippen molar-refractivity contribution in [1.82, 2.24) is 49.7 Å². The normalized spacial score (nSPS) is 12.6. The number of rotatable bonds is 8. The number of hydrogen-bond acceptors (Lipinski definition) is 7. The number of nitrogens with zero attached hydrogens (tertiary/aromatic N) is 10. The van der Waals surface area contributed by atoms with E-state index in [-0.39, 0.29) is 16.6 Å². The van der Waals surface area contributed by atoms with Crippen LogP contribution in [0.2, 0.25) is 5.02 Å². The standard InChI is InChI=1S/C29H23ClF4N10/c1-17(2)42-10-8-21(39-42)12-25(43-15-20(14-38-43)18-7-9-35-26(11-18)29(32,33)34)23-5-3-19(13-36-23)27-24(44-16-37-40-41-44)6-4-22(30)28(27)31/h3-11,13-17,25H,12H2,1-2H3/t25-/m1/s1. The molecule has 5 heterocycles. The Balaban J connectivity index is 1.39. The van der Waals surface area contributed by atoms with Gasteiger partial charge in [0.2, 0.25) is 0 Å². The molecule has 0 N–H and O–H groups in total. The van der Waals surface area contributed by atoms with Gasteiger partial charge in [-0.25, -0.2) is 4.39 Å². The minimum atomic E-state index is -4.58. The quantitative estimate of drug-likeness (QED) is 0.181. The van der Waals surface area contributed by atoms with Crippen molar-refractivity contribution in [2.24, 2.45) is 0 Å². The second kappa shape index (κ2) is 11.6. The first-order valence-corrected chi connectivity index (χ1v) is 13.8. The molecule has 10 nitrogen and oxygen atoms in total. The molecule has 0 radical (unpaired) electrons. The number of aromatic nitrogens is 10. The van der Waals surface area contributed by atoms with Gasteiger partial charge in [0, 0.05) is 53.9 Å². The van der Waals surface area contributed by atoms with Gasteiger partial charge in [-0.1, -0.05) is 17.7 Å². The maximum absolute atomic E-state index is 15.3. The molecule has 0 unspecified atom stereocenters. The van der Waals surface area contributed by atoms with Crippen LogP contribution in [0.3, 0.4) is 0 Å². The van der Waals surface area contributed by atoms with E-state index in [0.717, 1.165) is 18.0 Å². The highest BCUT2D eigenvalue weighted by atomic mass is 35.5. The highest BCUT2D eigenvalue weighted by Gasteiger charge is 2.32. The SMILES string of the molecule is CC(C)n1ccc(C[C@H](c2ccc(-c3c(-n4cnnn4)ccc(Cl)c3F)cn2)n2cc(-c3ccnc(C(F)(F)F)c3)cn2)n1. The topological polar surface area (TPSA) is 105 Å². The fraction of sp³-hybridized carbons (Fsp3) is 0.207. The summed E-state index contributed by atoms with van der Waals surface area (Å²) in [6.07, 6.45) is 4.78. The summed E-state index contributed by atoms with van der Waals surface area (Å²) in [4.78, 5) is 8.11. The van der Waals surface area contributed by atoms with Gasteiger partial charge in [-0.05, 0) is 66.2 Å². The molecule has 44 heavy (non-hydrogen) atoms. The fourth-order valence-electron chi connectivity index (χ4n) is 4.76. The summed E-state index contributed by atoms with van der Waals surface area (Å²) in [6.45, 7) is 4.02. The van der Waals surface area contributed by atoms with E-state index in [4.69, 9.17) is 11.6 Å². The Labute approximate surface area is 253 Å². The van der Waals surface area contributed by atoms with Crippen LogP contribution in [0.4, 0.5) is 17.6 Å². The maximum Gasteiger partial charge on any atom is 0.433 e. The third-order valence-corrected chi connectivity index (χ3v) is 7.28. The van der Waals surface area contributed by atoms with Crippen molar-refractivity contribution in [2.75, 3.05) is 0 Å². The van der Waals surface area contributed by atoms with Gasteiger partial charge in [-0.15, -0.1) is 5.10 Å². The van der Waals surface area contributed by atoms with E-state index in [1.165, 1.54) is 35.5 Å². The summed E-state index contributed by atoms with van der Waals surface area (Å²) in [5, 5.41) is 20.2. The van der Waals surface area contributed by atoms with E-state index in [2.05, 4.69) is 35.7 Å². The van der Waals surface area contributed by atoms with Crippen LogP contribution in [-0.2, 0) is 12.6 Å². The molecule has 0 saturated heterocycles. The van der Waals surface area contributed by atoms with E-state index in [1.54, 1.807) is 29.1 Å². The number of hydrogen-bond donors (Lipinski definition) is 0. The third kappa shape index (κ3) is 5.80. The minimum Gasteiger partial charge on any atom is -0.270 e. The second-order valence-electron chi connectivity index (χ2n) is 10.2. The molecule has 0 saturated carbocycles. The summed E-state index contributed by atoms with van der Waals surface area (Å²) in [5.74, 6) is -0.655. The van der Waals surface area contributed by atoms with Crippen LogP contribution >= 0.6 is 11.6 Å². The van der Waals surface area contributed by atoms with Crippen LogP contribution in [-0.4, -0.2) is 49.7 Å². The summed E-state index contributed by atoms with van der Waals surface area (Å²) in [7, 11) is 0. The zero-order valence-electron chi connectivity index (χ0n) is 23.2. The summed E-state index contributed by atoms with van der Waals surface area (Å²) < 4.78 is 60.0. The largest absolute Gasteiger partial charge is 0.433 e. The van der Waals surface area contributed by atoms with Crippen LogP contribution in [0.25, 0.3) is 27.9 Å². The summed E-state index contributed by atoms with van der Waals surface area (Å²) in [5.41, 5.74) is 2.09. The lowest BCUT2D eigenvalue weighted by molar-refractivity contribution is -0.141. The van der Waals surface area contributed by atoms with Crippen molar-refractivity contribution >= 4 is 11.6 Å². The molecule has 0 aliphatic heterocycles. The van der Waals surface area contributed by atoms with E-state index in [9.17, 15) is 13.2 Å². The summed E-state index contributed by atoms with van der Waals surface area (Å²) >= 11 is 6.12. The zero-order chi connectivity index (χ0) is 31.0. The zero-order valence-corrected chi connectivity index (χ0v) is 24.0. The molecular weight excluding hydrogens is 600 g/mol. The van der Waals surface area contributed by atoms with Crippen LogP contribution in [0, 0.1) is 5.82 Å². The third-order valence-electron chi connectivity index (χ3n) is 6.98. The molecule has 0 amide bonds. The number of tetrazole rings is 1. The van der Waals surface area contributed by atoms with Gasteiger partial charge in [0.05, 0.1) is 34.3 Å². The molecule has 0 fully saturated rings. The van der Waals surface area contributed by atoms with Gasteiger partial charge in [0.25, 0.3) is 0 Å². The maximum atomic E-state index is 15.3. The van der Waals surface area contributed by atoms with E-state index in [0.29, 0.717) is 34.5 Å². The average molecular weight is 623 g/mol. The predicted octanol–water partition coefficient (Wildman–Crippen LogP) is 6.40. The Morgan fingerprint density at radius 1 is 0.932 bits per heavy atom. The number of benzene rings is 1. The monoisotopic (exact) mass is 622 g/mol. The lowest BCUT2D eigenvalue weighted by Gasteiger charge is -2.18. The van der Waals surface area contributed by atoms with Gasteiger partial charge < -0.3 is 0 Å². The van der Waals surface area contributed by atoms with E-state index < -0.39 is 23.7 Å². The van der Waals surface area contributed by atoms with Gasteiger partial charge in [0.1, 0.15) is 12.0 Å². The Bertz CT molecular complexity index is 1900. The molecule has 15 heteroatoms. The number of alkyl halides is 3. The Hall–Kier alpha value is -4.98. The molecular formula is C29H23ClF4N10. The van der Waals surface area contributed by atoms with E-state index in [1.807, 2.05) is 30.8 Å². The Morgan fingerprint density at radius 2 is 1.77 bits per heavy atom. The van der Waals surface area contributed by atoms with Crippen LogP contribution < -0.4 is 0 Å². The van der Waals surface area contributed by atoms with Gasteiger partial charge in [-0.3, -0.25) is 19.3 Å². The average Bonchev–Trinajstić information content (AvgIpc) is 3.80. The number of halogens is 5. The van der Waals surface area contributed by atoms with Crippen molar-refractivity contribution in [2.45, 2.75) is 38.5 Å². The molecule has 0 bridgehead atoms. The molecule has 5 aromatic heterocycles. The lowest BCUT2D eigenvalue weighted by atomic mass is 10.0. The van der Waals surface area contributed by atoms with E-state index >= 15 is 4.39 Å². The predicted molar refractivity (Wildman–Crippen MR) is 152 cm³/mol. The van der Waals surface area contributed by atoms with Crippen molar-refractivity contribution < 1.29 is 17.6 Å². The lowest BCUT2D eigenvalue weighted by Crippen LogP contribution is -2.16. The molecule has 1 aromatic carbocycles. The molecule has 0 aliphatic rings. The van der Waals surface area contributed by atoms with Gasteiger partial charge >= 0.3 is 6.18 Å². The van der Waals surface area contributed by atoms with Crippen molar-refractivity contribution in [3.63, 3.8) is 0 Å². The van der Waals surface area contributed by atoms with Crippen molar-refractivity contribution in [3.05, 3.63) is 108 Å². The molecule has 0 aliphatic carbocycles. The van der Waals surface area contributed by atoms with Gasteiger partial charge in [0.15, 0.2) is 5.82 Å². The minimum absolute atomic E-state index is 0.0756. The molecule has 6 rings (SSSR count). The van der Waals surface area contributed by atoms with Crippen molar-refractivity contribution in [3.8, 4) is 27.9 Å². The first-order valence-electron chi connectivity index (χ1n) is 13.4. The first-order chi connectivity index (χ1) is 21.1. The van der Waals surface area contributed by atoms with Crippen LogP contribution in [0.5, 0.6) is 0 Å².